The number of ether oxygens (including phenoxy) is 2. The smallest absolute Gasteiger partial charge is 0.293 e. The summed E-state index contributed by atoms with van der Waals surface area (Å²) >= 11 is 5.95. The quantitative estimate of drug-likeness (QED) is 0.671. The van der Waals surface area contributed by atoms with Crippen molar-refractivity contribution >= 4 is 23.0 Å². The molecule has 1 saturated heterocycles. The lowest BCUT2D eigenvalue weighted by molar-refractivity contribution is -0.384. The molecular weight excluding hydrogens is 260 g/mol. The zero-order valence-electron chi connectivity index (χ0n) is 9.60. The maximum atomic E-state index is 10.9. The Morgan fingerprint density at radius 1 is 1.50 bits per heavy atom. The van der Waals surface area contributed by atoms with E-state index in [4.69, 9.17) is 21.1 Å². The van der Waals surface area contributed by atoms with Gasteiger partial charge in [-0.2, -0.15) is 0 Å². The number of nitro groups is 1. The van der Waals surface area contributed by atoms with Crippen LogP contribution in [0.5, 0.6) is 0 Å². The van der Waals surface area contributed by atoms with Gasteiger partial charge < -0.3 is 14.8 Å². The second kappa shape index (κ2) is 5.99. The van der Waals surface area contributed by atoms with Crippen molar-refractivity contribution in [1.29, 1.82) is 0 Å². The Bertz CT molecular complexity index is 435. The zero-order valence-corrected chi connectivity index (χ0v) is 10.4. The number of nitrogens with one attached hydrogen (secondary N) is 1. The van der Waals surface area contributed by atoms with Gasteiger partial charge in [-0.15, -0.1) is 0 Å². The molecule has 0 saturated carbocycles. The lowest BCUT2D eigenvalue weighted by atomic mass is 10.2. The molecule has 2 rings (SSSR count). The number of halogens is 1. The number of hydrogen-bond donors (Lipinski definition) is 1. The molecule has 0 amide bonds. The third-order valence-corrected chi connectivity index (χ3v) is 2.89. The molecule has 6 nitrogen and oxygen atoms in total. The first kappa shape index (κ1) is 13.1. The van der Waals surface area contributed by atoms with Crippen LogP contribution in [0.2, 0.25) is 5.02 Å². The third-order valence-electron chi connectivity index (χ3n) is 2.58. The molecule has 0 bridgehead atoms. The van der Waals surface area contributed by atoms with E-state index in [2.05, 4.69) is 5.32 Å². The highest BCUT2D eigenvalue weighted by Crippen LogP contribution is 2.31. The first-order chi connectivity index (χ1) is 8.68. The average Bonchev–Trinajstić information content (AvgIpc) is 2.38. The van der Waals surface area contributed by atoms with Gasteiger partial charge in [-0.1, -0.05) is 17.7 Å². The highest BCUT2D eigenvalue weighted by Gasteiger charge is 2.19. The fraction of sp³-hybridized carbons (Fsp3) is 0.455. The molecule has 1 atom stereocenters. The SMILES string of the molecule is O=[N+]([O-])c1cccc(Cl)c1NCC1COCCO1. The normalized spacial score (nSPS) is 19.5. The van der Waals surface area contributed by atoms with E-state index in [0.717, 1.165) is 0 Å². The van der Waals surface area contributed by atoms with Gasteiger partial charge in [-0.25, -0.2) is 0 Å². The standard InChI is InChI=1S/C11H13ClN2O4/c12-9-2-1-3-10(14(15)16)11(9)13-6-8-7-17-4-5-18-8/h1-3,8,13H,4-7H2. The van der Waals surface area contributed by atoms with Crippen LogP contribution in [0, 0.1) is 10.1 Å². The van der Waals surface area contributed by atoms with Crippen LogP contribution in [-0.4, -0.2) is 37.4 Å². The summed E-state index contributed by atoms with van der Waals surface area (Å²) in [7, 11) is 0. The fourth-order valence-corrected chi connectivity index (χ4v) is 1.95. The van der Waals surface area contributed by atoms with Crippen LogP contribution in [0.3, 0.4) is 0 Å². The van der Waals surface area contributed by atoms with Crippen LogP contribution in [0.25, 0.3) is 0 Å². The molecule has 1 fully saturated rings. The summed E-state index contributed by atoms with van der Waals surface area (Å²) in [5.41, 5.74) is 0.276. The van der Waals surface area contributed by atoms with E-state index in [1.165, 1.54) is 6.07 Å². The number of nitrogens with zero attached hydrogens (tertiary/aromatic N) is 1. The minimum Gasteiger partial charge on any atom is -0.376 e. The molecule has 0 aromatic heterocycles. The number of benzene rings is 1. The van der Waals surface area contributed by atoms with Gasteiger partial charge in [0.25, 0.3) is 5.69 Å². The largest absolute Gasteiger partial charge is 0.376 e. The van der Waals surface area contributed by atoms with E-state index in [9.17, 15) is 10.1 Å². The predicted molar refractivity (Wildman–Crippen MR) is 67.2 cm³/mol. The van der Waals surface area contributed by atoms with Gasteiger partial charge in [0.2, 0.25) is 0 Å². The van der Waals surface area contributed by atoms with Gasteiger partial charge in [-0.3, -0.25) is 10.1 Å². The zero-order chi connectivity index (χ0) is 13.0. The summed E-state index contributed by atoms with van der Waals surface area (Å²) in [6.45, 7) is 2.02. The van der Waals surface area contributed by atoms with Crippen molar-refractivity contribution in [3.63, 3.8) is 0 Å². The summed E-state index contributed by atoms with van der Waals surface area (Å²) in [5.74, 6) is 0. The lowest BCUT2D eigenvalue weighted by Gasteiger charge is -2.23. The number of para-hydroxylation sites is 1. The molecule has 1 aliphatic rings. The molecule has 0 spiro atoms. The Hall–Kier alpha value is -1.37. The number of anilines is 1. The maximum Gasteiger partial charge on any atom is 0.293 e. The predicted octanol–water partition coefficient (Wildman–Crippen LogP) is 2.08. The lowest BCUT2D eigenvalue weighted by Crippen LogP contribution is -2.34. The van der Waals surface area contributed by atoms with Crippen LogP contribution in [-0.2, 0) is 9.47 Å². The molecule has 1 aromatic rings. The van der Waals surface area contributed by atoms with Crippen molar-refractivity contribution in [3.8, 4) is 0 Å². The van der Waals surface area contributed by atoms with Crippen LogP contribution >= 0.6 is 11.6 Å². The number of nitro benzene ring substituents is 1. The highest BCUT2D eigenvalue weighted by molar-refractivity contribution is 6.33. The second-order valence-electron chi connectivity index (χ2n) is 3.84. The van der Waals surface area contributed by atoms with Crippen molar-refractivity contribution in [2.45, 2.75) is 6.10 Å². The molecule has 1 unspecified atom stereocenters. The van der Waals surface area contributed by atoms with Crippen LogP contribution in [0.1, 0.15) is 0 Å². The van der Waals surface area contributed by atoms with Gasteiger partial charge in [0.1, 0.15) is 5.69 Å². The fourth-order valence-electron chi connectivity index (χ4n) is 1.71. The molecule has 98 valence electrons. The van der Waals surface area contributed by atoms with Crippen molar-refractivity contribution in [2.24, 2.45) is 0 Å². The van der Waals surface area contributed by atoms with Gasteiger partial charge in [0, 0.05) is 12.6 Å². The molecular formula is C11H13ClN2O4. The summed E-state index contributed by atoms with van der Waals surface area (Å²) < 4.78 is 10.7. The van der Waals surface area contributed by atoms with Gasteiger partial charge in [-0.05, 0) is 6.07 Å². The van der Waals surface area contributed by atoms with E-state index in [0.29, 0.717) is 37.1 Å². The average molecular weight is 273 g/mol. The Kier molecular flexibility index (Phi) is 4.35. The number of rotatable bonds is 4. The monoisotopic (exact) mass is 272 g/mol. The molecule has 1 heterocycles. The maximum absolute atomic E-state index is 10.9. The topological polar surface area (TPSA) is 73.6 Å². The minimum atomic E-state index is -0.466. The van der Waals surface area contributed by atoms with Gasteiger partial charge >= 0.3 is 0 Å². The Labute approximate surface area is 109 Å². The first-order valence-corrected chi connectivity index (χ1v) is 5.92. The second-order valence-corrected chi connectivity index (χ2v) is 4.25. The minimum absolute atomic E-state index is 0.0424. The highest BCUT2D eigenvalue weighted by atomic mass is 35.5. The van der Waals surface area contributed by atoms with Gasteiger partial charge in [0.15, 0.2) is 0 Å². The van der Waals surface area contributed by atoms with Crippen molar-refractivity contribution in [3.05, 3.63) is 33.3 Å². The Balaban J connectivity index is 2.05. The molecule has 0 aliphatic carbocycles. The van der Waals surface area contributed by atoms with Crippen LogP contribution < -0.4 is 5.32 Å². The van der Waals surface area contributed by atoms with Crippen molar-refractivity contribution in [2.75, 3.05) is 31.7 Å². The number of hydrogen-bond acceptors (Lipinski definition) is 5. The summed E-state index contributed by atoms with van der Waals surface area (Å²) in [6.07, 6.45) is -0.116. The summed E-state index contributed by atoms with van der Waals surface area (Å²) in [6, 6.07) is 4.56. The first-order valence-electron chi connectivity index (χ1n) is 5.54. The van der Waals surface area contributed by atoms with Gasteiger partial charge in [0.05, 0.1) is 35.9 Å². The van der Waals surface area contributed by atoms with E-state index in [1.54, 1.807) is 12.1 Å². The summed E-state index contributed by atoms with van der Waals surface area (Å²) in [5, 5.41) is 14.2. The molecule has 1 aliphatic heterocycles. The third kappa shape index (κ3) is 3.10. The van der Waals surface area contributed by atoms with Crippen LogP contribution in [0.4, 0.5) is 11.4 Å². The van der Waals surface area contributed by atoms with Crippen molar-refractivity contribution in [1.82, 2.24) is 0 Å². The molecule has 0 radical (unpaired) electrons. The molecule has 18 heavy (non-hydrogen) atoms. The van der Waals surface area contributed by atoms with E-state index in [-0.39, 0.29) is 11.8 Å². The van der Waals surface area contributed by atoms with Crippen molar-refractivity contribution < 1.29 is 14.4 Å². The summed E-state index contributed by atoms with van der Waals surface area (Å²) in [4.78, 5) is 10.4. The molecule has 1 aromatic carbocycles. The Morgan fingerprint density at radius 3 is 3.00 bits per heavy atom. The van der Waals surface area contributed by atoms with E-state index >= 15 is 0 Å². The Morgan fingerprint density at radius 2 is 2.33 bits per heavy atom. The van der Waals surface area contributed by atoms with Crippen LogP contribution in [0.15, 0.2) is 18.2 Å². The molecule has 7 heteroatoms. The van der Waals surface area contributed by atoms with E-state index < -0.39 is 4.92 Å². The molecule has 1 N–H and O–H groups in total. The van der Waals surface area contributed by atoms with E-state index in [1.807, 2.05) is 0 Å².